The lowest BCUT2D eigenvalue weighted by molar-refractivity contribution is 0.0988. The van der Waals surface area contributed by atoms with Gasteiger partial charge in [-0.15, -0.1) is 0 Å². The molecule has 0 aromatic heterocycles. The van der Waals surface area contributed by atoms with Gasteiger partial charge in [-0.3, -0.25) is 4.79 Å². The maximum Gasteiger partial charge on any atom is 0.258 e. The van der Waals surface area contributed by atoms with Crippen molar-refractivity contribution in [2.75, 3.05) is 18.6 Å². The van der Waals surface area contributed by atoms with Gasteiger partial charge in [-0.2, -0.15) is 0 Å². The number of methoxy groups -OCH3 is 1. The van der Waals surface area contributed by atoms with Crippen molar-refractivity contribution < 1.29 is 22.3 Å². The predicted octanol–water partition coefficient (Wildman–Crippen LogP) is 3.19. The first-order valence-electron chi connectivity index (χ1n) is 8.47. The summed E-state index contributed by atoms with van der Waals surface area (Å²) in [5.74, 6) is -0.655. The highest BCUT2D eigenvalue weighted by atomic mass is 32.2. The largest absolute Gasteiger partial charge is 0.495 e. The van der Waals surface area contributed by atoms with E-state index in [1.165, 1.54) is 54.5 Å². The van der Waals surface area contributed by atoms with Crippen LogP contribution in [0.1, 0.15) is 31.1 Å². The molecule has 0 aliphatic heterocycles. The van der Waals surface area contributed by atoms with Gasteiger partial charge in [-0.25, -0.2) is 17.5 Å². The number of nitrogens with zero attached hydrogens (tertiary/aromatic N) is 1. The molecule has 0 spiro atoms. The Morgan fingerprint density at radius 2 is 1.81 bits per heavy atom. The first-order chi connectivity index (χ1) is 12.7. The fourth-order valence-electron chi connectivity index (χ4n) is 2.61. The summed E-state index contributed by atoms with van der Waals surface area (Å²) in [5.41, 5.74) is 0.704. The molecule has 2 rings (SSSR count). The van der Waals surface area contributed by atoms with Gasteiger partial charge < -0.3 is 9.64 Å². The Morgan fingerprint density at radius 3 is 2.33 bits per heavy atom. The smallest absolute Gasteiger partial charge is 0.258 e. The number of carbonyl (C=O) groups excluding carboxylic acids is 1. The van der Waals surface area contributed by atoms with Gasteiger partial charge >= 0.3 is 0 Å². The molecule has 0 unspecified atom stereocenters. The van der Waals surface area contributed by atoms with E-state index in [0.717, 1.165) is 0 Å². The van der Waals surface area contributed by atoms with E-state index in [9.17, 15) is 17.6 Å². The summed E-state index contributed by atoms with van der Waals surface area (Å²) >= 11 is 0. The van der Waals surface area contributed by atoms with Crippen molar-refractivity contribution in [1.82, 2.24) is 4.72 Å². The highest BCUT2D eigenvalue weighted by Gasteiger charge is 2.24. The molecule has 146 valence electrons. The van der Waals surface area contributed by atoms with Crippen LogP contribution in [0.4, 0.5) is 10.1 Å². The predicted molar refractivity (Wildman–Crippen MR) is 102 cm³/mol. The average molecular weight is 394 g/mol. The van der Waals surface area contributed by atoms with E-state index in [1.54, 1.807) is 20.8 Å². The average Bonchev–Trinajstić information content (AvgIpc) is 2.62. The molecule has 1 N–H and O–H groups in total. The minimum absolute atomic E-state index is 0.111. The molecule has 0 atom stereocenters. The van der Waals surface area contributed by atoms with E-state index < -0.39 is 21.7 Å². The second-order valence-electron chi connectivity index (χ2n) is 6.17. The summed E-state index contributed by atoms with van der Waals surface area (Å²) in [5, 5.41) is 0. The molecule has 27 heavy (non-hydrogen) atoms. The molecular formula is C19H23FN2O4S. The van der Waals surface area contributed by atoms with Gasteiger partial charge in [0.2, 0.25) is 10.0 Å². The zero-order chi connectivity index (χ0) is 20.2. The monoisotopic (exact) mass is 394 g/mol. The van der Waals surface area contributed by atoms with Crippen LogP contribution in [-0.4, -0.2) is 34.0 Å². The van der Waals surface area contributed by atoms with Crippen LogP contribution in [-0.2, 0) is 10.0 Å². The molecule has 6 nitrogen and oxygen atoms in total. The number of anilines is 1. The molecule has 0 heterocycles. The number of sulfonamides is 1. The van der Waals surface area contributed by atoms with E-state index in [4.69, 9.17) is 4.74 Å². The molecule has 8 heteroatoms. The Labute approximate surface area is 159 Å². The zero-order valence-electron chi connectivity index (χ0n) is 15.7. The highest BCUT2D eigenvalue weighted by molar-refractivity contribution is 7.89. The number of rotatable bonds is 7. The van der Waals surface area contributed by atoms with Crippen molar-refractivity contribution in [3.05, 3.63) is 53.8 Å². The number of nitrogens with one attached hydrogen (secondary N) is 1. The van der Waals surface area contributed by atoms with E-state index >= 15 is 0 Å². The van der Waals surface area contributed by atoms with Crippen LogP contribution in [0.15, 0.2) is 47.4 Å². The fourth-order valence-corrected chi connectivity index (χ4v) is 4.06. The third-order valence-electron chi connectivity index (χ3n) is 3.79. The SMILES string of the molecule is CCN(C(=O)c1ccc(OC)c(S(=O)(=O)NC(C)C)c1)c1ccc(F)cc1. The van der Waals surface area contributed by atoms with Gasteiger partial charge in [-0.05, 0) is 63.2 Å². The van der Waals surface area contributed by atoms with Gasteiger partial charge in [-0.1, -0.05) is 0 Å². The van der Waals surface area contributed by atoms with Gasteiger partial charge in [0.1, 0.15) is 16.5 Å². The van der Waals surface area contributed by atoms with Crippen LogP contribution in [0.3, 0.4) is 0 Å². The van der Waals surface area contributed by atoms with Crippen molar-refractivity contribution in [3.8, 4) is 5.75 Å². The van der Waals surface area contributed by atoms with Crippen LogP contribution in [0.5, 0.6) is 5.75 Å². The molecule has 2 aromatic rings. The number of ether oxygens (including phenoxy) is 1. The maximum absolute atomic E-state index is 13.2. The maximum atomic E-state index is 13.2. The second kappa shape index (κ2) is 8.49. The molecule has 0 fully saturated rings. The Morgan fingerprint density at radius 1 is 1.19 bits per heavy atom. The molecule has 0 aliphatic carbocycles. The molecule has 0 radical (unpaired) electrons. The number of halogens is 1. The van der Waals surface area contributed by atoms with E-state index in [0.29, 0.717) is 12.2 Å². The minimum Gasteiger partial charge on any atom is -0.495 e. The lowest BCUT2D eigenvalue weighted by atomic mass is 10.1. The molecule has 0 saturated heterocycles. The molecule has 2 aromatic carbocycles. The van der Waals surface area contributed by atoms with Crippen molar-refractivity contribution in [3.63, 3.8) is 0 Å². The van der Waals surface area contributed by atoms with Gasteiger partial charge in [0.25, 0.3) is 5.91 Å². The van der Waals surface area contributed by atoms with E-state index in [-0.39, 0.29) is 22.3 Å². The van der Waals surface area contributed by atoms with Crippen molar-refractivity contribution >= 4 is 21.6 Å². The number of hydrogen-bond acceptors (Lipinski definition) is 4. The van der Waals surface area contributed by atoms with E-state index in [2.05, 4.69) is 4.72 Å². The highest BCUT2D eigenvalue weighted by Crippen LogP contribution is 2.27. The number of hydrogen-bond donors (Lipinski definition) is 1. The van der Waals surface area contributed by atoms with Crippen molar-refractivity contribution in [2.24, 2.45) is 0 Å². The van der Waals surface area contributed by atoms with E-state index in [1.807, 2.05) is 0 Å². The summed E-state index contributed by atoms with van der Waals surface area (Å²) in [6.45, 7) is 5.52. The summed E-state index contributed by atoms with van der Waals surface area (Å²) in [4.78, 5) is 14.3. The summed E-state index contributed by atoms with van der Waals surface area (Å²) < 4.78 is 46.0. The molecule has 0 bridgehead atoms. The molecule has 0 aliphatic rings. The lowest BCUT2D eigenvalue weighted by Crippen LogP contribution is -2.32. The quantitative estimate of drug-likeness (QED) is 0.783. The second-order valence-corrected chi connectivity index (χ2v) is 7.85. The Bertz CT molecular complexity index is 912. The first-order valence-corrected chi connectivity index (χ1v) is 9.95. The van der Waals surface area contributed by atoms with Gasteiger partial charge in [0, 0.05) is 23.8 Å². The minimum atomic E-state index is -3.86. The number of benzene rings is 2. The van der Waals surface area contributed by atoms with Crippen LogP contribution in [0, 0.1) is 5.82 Å². The topological polar surface area (TPSA) is 75.7 Å². The molecule has 0 saturated carbocycles. The first kappa shape index (κ1) is 20.9. The summed E-state index contributed by atoms with van der Waals surface area (Å²) in [6, 6.07) is 9.45. The summed E-state index contributed by atoms with van der Waals surface area (Å²) in [6.07, 6.45) is 0. The lowest BCUT2D eigenvalue weighted by Gasteiger charge is -2.22. The van der Waals surface area contributed by atoms with Crippen molar-refractivity contribution in [1.29, 1.82) is 0 Å². The normalized spacial score (nSPS) is 11.5. The molecule has 1 amide bonds. The van der Waals surface area contributed by atoms with Gasteiger partial charge in [0.05, 0.1) is 7.11 Å². The van der Waals surface area contributed by atoms with Crippen LogP contribution in [0.2, 0.25) is 0 Å². The van der Waals surface area contributed by atoms with Crippen LogP contribution in [0.25, 0.3) is 0 Å². The third-order valence-corrected chi connectivity index (χ3v) is 5.47. The Kier molecular flexibility index (Phi) is 6.56. The Balaban J connectivity index is 2.47. The number of amides is 1. The van der Waals surface area contributed by atoms with Crippen LogP contribution >= 0.6 is 0 Å². The number of carbonyl (C=O) groups is 1. The van der Waals surface area contributed by atoms with Gasteiger partial charge in [0.15, 0.2) is 0 Å². The summed E-state index contributed by atoms with van der Waals surface area (Å²) in [7, 11) is -2.49. The Hall–Kier alpha value is -2.45. The third kappa shape index (κ3) is 4.84. The molecular weight excluding hydrogens is 371 g/mol. The fraction of sp³-hybridized carbons (Fsp3) is 0.316. The van der Waals surface area contributed by atoms with Crippen molar-refractivity contribution in [2.45, 2.75) is 31.7 Å². The zero-order valence-corrected chi connectivity index (χ0v) is 16.5. The standard InChI is InChI=1S/C19H23FN2O4S/c1-5-22(16-9-7-15(20)8-10-16)19(23)14-6-11-17(26-4)18(12-14)27(24,25)21-13(2)3/h6-13,21H,5H2,1-4H3. The van der Waals surface area contributed by atoms with Crippen LogP contribution < -0.4 is 14.4 Å².